The third kappa shape index (κ3) is 7.59. The van der Waals surface area contributed by atoms with Crippen molar-refractivity contribution in [3.05, 3.63) is 24.2 Å². The van der Waals surface area contributed by atoms with Crippen LogP contribution in [0.15, 0.2) is 29.2 Å². The van der Waals surface area contributed by atoms with Gasteiger partial charge >= 0.3 is 7.12 Å². The van der Waals surface area contributed by atoms with Gasteiger partial charge in [0.2, 0.25) is 0 Å². The predicted molar refractivity (Wildman–Crippen MR) is 121 cm³/mol. The second-order valence-electron chi connectivity index (χ2n) is 8.84. The van der Waals surface area contributed by atoms with Crippen LogP contribution in [0.4, 0.5) is 0 Å². The van der Waals surface area contributed by atoms with Crippen LogP contribution >= 0.6 is 0 Å². The molecule has 2 saturated heterocycles. The molecular weight excluding hydrogens is 383 g/mol. The maximum Gasteiger partial charge on any atom is 0.490 e. The molecule has 8 heteroatoms. The fraction of sp³-hybridized carbons (Fsp3) is 0.773. The third-order valence-corrected chi connectivity index (χ3v) is 5.86. The number of hydrogen-bond donors (Lipinski definition) is 0. The summed E-state index contributed by atoms with van der Waals surface area (Å²) in [6.45, 7) is 19.8. The first-order valence-electron chi connectivity index (χ1n) is 10.8. The first-order chi connectivity index (χ1) is 14.1. The Morgan fingerprint density at radius 1 is 1.20 bits per heavy atom. The molecule has 1 unspecified atom stereocenters. The number of ether oxygens (including phenoxy) is 3. The summed E-state index contributed by atoms with van der Waals surface area (Å²) in [4.78, 5) is 6.92. The highest BCUT2D eigenvalue weighted by atomic mass is 16.7. The molecule has 7 nitrogen and oxygen atoms in total. The van der Waals surface area contributed by atoms with Crippen molar-refractivity contribution in [2.45, 2.75) is 58.5 Å². The van der Waals surface area contributed by atoms with Gasteiger partial charge in [0.15, 0.2) is 6.23 Å². The Kier molecular flexibility index (Phi) is 9.72. The van der Waals surface area contributed by atoms with Crippen LogP contribution in [0.2, 0.25) is 0 Å². The first-order valence-corrected chi connectivity index (χ1v) is 10.8. The first kappa shape index (κ1) is 25.2. The second-order valence-corrected chi connectivity index (χ2v) is 8.84. The van der Waals surface area contributed by atoms with Crippen molar-refractivity contribution >= 4 is 12.8 Å². The smallest absolute Gasteiger partial charge is 0.400 e. The Morgan fingerprint density at radius 2 is 1.83 bits per heavy atom. The summed E-state index contributed by atoms with van der Waals surface area (Å²) in [6.07, 6.45) is 4.34. The van der Waals surface area contributed by atoms with Crippen LogP contribution in [0, 0.1) is 0 Å². The van der Waals surface area contributed by atoms with Gasteiger partial charge in [-0.25, -0.2) is 0 Å². The lowest BCUT2D eigenvalue weighted by Crippen LogP contribution is -2.41. The van der Waals surface area contributed by atoms with Crippen molar-refractivity contribution in [2.24, 2.45) is 4.99 Å². The van der Waals surface area contributed by atoms with E-state index in [1.165, 1.54) is 0 Å². The SMILES string of the molecule is C=C(C/C=C\C(C)=NC(COCCN1CCOCC1)OC)B1OC(C)(C)C(C)(C)O1. The molecule has 2 aliphatic rings. The standard InChI is InChI=1S/C22H39BN2O5/c1-18(23-29-21(3,4)22(5,6)30-23)9-8-10-19(2)24-20(26-7)17-28-16-13-25-11-14-27-15-12-25/h8,10,20H,1,9,11-17H2,2-7H3/b10-8-,24-19?. The van der Waals surface area contributed by atoms with Gasteiger partial charge in [-0.2, -0.15) is 0 Å². The van der Waals surface area contributed by atoms with Crippen molar-refractivity contribution in [3.63, 3.8) is 0 Å². The molecule has 0 saturated carbocycles. The number of methoxy groups -OCH3 is 1. The number of nitrogens with zero attached hydrogens (tertiary/aromatic N) is 2. The summed E-state index contributed by atoms with van der Waals surface area (Å²) in [5, 5.41) is 0. The lowest BCUT2D eigenvalue weighted by Gasteiger charge is -2.32. The van der Waals surface area contributed by atoms with E-state index in [9.17, 15) is 0 Å². The van der Waals surface area contributed by atoms with Gasteiger partial charge in [0.05, 0.1) is 37.6 Å². The summed E-state index contributed by atoms with van der Waals surface area (Å²) in [5.74, 6) is 0. The minimum Gasteiger partial charge on any atom is -0.400 e. The summed E-state index contributed by atoms with van der Waals surface area (Å²) in [6, 6.07) is 0. The quantitative estimate of drug-likeness (QED) is 0.290. The average molecular weight is 422 g/mol. The molecule has 2 fully saturated rings. The Bertz CT molecular complexity index is 599. The average Bonchev–Trinajstić information content (AvgIpc) is 2.92. The van der Waals surface area contributed by atoms with E-state index < -0.39 is 0 Å². The number of hydrogen-bond acceptors (Lipinski definition) is 7. The van der Waals surface area contributed by atoms with Gasteiger partial charge in [-0.3, -0.25) is 9.89 Å². The van der Waals surface area contributed by atoms with Gasteiger partial charge in [-0.05, 0) is 52.6 Å². The Hall–Kier alpha value is -1.03. The molecule has 0 aromatic heterocycles. The number of allylic oxidation sites excluding steroid dienone is 3. The maximum absolute atomic E-state index is 6.03. The molecule has 0 aliphatic carbocycles. The zero-order valence-corrected chi connectivity index (χ0v) is 19.6. The highest BCUT2D eigenvalue weighted by Gasteiger charge is 2.51. The molecule has 2 rings (SSSR count). The van der Waals surface area contributed by atoms with Crippen LogP contribution in [0.3, 0.4) is 0 Å². The highest BCUT2D eigenvalue weighted by Crippen LogP contribution is 2.38. The van der Waals surface area contributed by atoms with E-state index in [0.29, 0.717) is 19.6 Å². The summed E-state index contributed by atoms with van der Waals surface area (Å²) < 4.78 is 28.6. The van der Waals surface area contributed by atoms with E-state index in [1.807, 2.05) is 46.8 Å². The number of aliphatic imine (C=N–C) groups is 1. The molecule has 0 amide bonds. The molecular formula is C22H39BN2O5. The molecule has 0 bridgehead atoms. The summed E-state index contributed by atoms with van der Waals surface area (Å²) >= 11 is 0. The Morgan fingerprint density at radius 3 is 2.43 bits per heavy atom. The zero-order chi connectivity index (χ0) is 22.2. The monoisotopic (exact) mass is 422 g/mol. The van der Waals surface area contributed by atoms with E-state index in [1.54, 1.807) is 7.11 Å². The van der Waals surface area contributed by atoms with Crippen molar-refractivity contribution in [2.75, 3.05) is 53.2 Å². The molecule has 30 heavy (non-hydrogen) atoms. The van der Waals surface area contributed by atoms with Gasteiger partial charge < -0.3 is 23.5 Å². The van der Waals surface area contributed by atoms with Crippen molar-refractivity contribution < 1.29 is 23.5 Å². The molecule has 170 valence electrons. The van der Waals surface area contributed by atoms with E-state index >= 15 is 0 Å². The van der Waals surface area contributed by atoms with Crippen LogP contribution in [-0.2, 0) is 23.5 Å². The Balaban J connectivity index is 1.71. The predicted octanol–water partition coefficient (Wildman–Crippen LogP) is 2.90. The van der Waals surface area contributed by atoms with Gasteiger partial charge in [0.25, 0.3) is 0 Å². The van der Waals surface area contributed by atoms with Crippen LogP contribution < -0.4 is 0 Å². The fourth-order valence-corrected chi connectivity index (χ4v) is 3.12. The van der Waals surface area contributed by atoms with Crippen LogP contribution in [0.25, 0.3) is 0 Å². The van der Waals surface area contributed by atoms with Crippen molar-refractivity contribution in [1.29, 1.82) is 0 Å². The van der Waals surface area contributed by atoms with Gasteiger partial charge in [0, 0.05) is 32.5 Å². The minimum atomic E-state index is -0.386. The normalized spacial score (nSPS) is 23.3. The minimum absolute atomic E-state index is 0.314. The number of morpholine rings is 1. The number of rotatable bonds is 11. The van der Waals surface area contributed by atoms with E-state index in [-0.39, 0.29) is 24.5 Å². The molecule has 0 radical (unpaired) electrons. The third-order valence-electron chi connectivity index (χ3n) is 5.86. The molecule has 0 aromatic carbocycles. The second kappa shape index (κ2) is 11.6. The lowest BCUT2D eigenvalue weighted by molar-refractivity contribution is -0.00857. The van der Waals surface area contributed by atoms with Gasteiger partial charge in [0.1, 0.15) is 0 Å². The van der Waals surface area contributed by atoms with Crippen LogP contribution in [0.5, 0.6) is 0 Å². The molecule has 0 N–H and O–H groups in total. The summed E-state index contributed by atoms with van der Waals surface area (Å²) in [7, 11) is 1.26. The molecule has 2 heterocycles. The van der Waals surface area contributed by atoms with Gasteiger partial charge in [-0.1, -0.05) is 6.08 Å². The molecule has 0 aromatic rings. The molecule has 0 spiro atoms. The lowest BCUT2D eigenvalue weighted by atomic mass is 9.77. The van der Waals surface area contributed by atoms with E-state index in [4.69, 9.17) is 23.5 Å². The molecule has 2 aliphatic heterocycles. The highest BCUT2D eigenvalue weighted by molar-refractivity contribution is 6.54. The van der Waals surface area contributed by atoms with Crippen LogP contribution in [-0.4, -0.2) is 88.3 Å². The fourth-order valence-electron chi connectivity index (χ4n) is 3.12. The summed E-state index contributed by atoms with van der Waals surface area (Å²) in [5.41, 5.74) is 1.07. The van der Waals surface area contributed by atoms with E-state index in [2.05, 4.69) is 16.5 Å². The van der Waals surface area contributed by atoms with Gasteiger partial charge in [-0.15, -0.1) is 6.58 Å². The molecule has 1 atom stereocenters. The van der Waals surface area contributed by atoms with Crippen LogP contribution in [0.1, 0.15) is 41.0 Å². The largest absolute Gasteiger partial charge is 0.490 e. The van der Waals surface area contributed by atoms with Crippen molar-refractivity contribution in [3.8, 4) is 0 Å². The topological polar surface area (TPSA) is 61.8 Å². The van der Waals surface area contributed by atoms with Crippen molar-refractivity contribution in [1.82, 2.24) is 4.90 Å². The van der Waals surface area contributed by atoms with E-state index in [0.717, 1.165) is 44.0 Å². The maximum atomic E-state index is 6.03. The Labute approximate surface area is 182 Å². The zero-order valence-electron chi connectivity index (χ0n) is 19.6.